The van der Waals surface area contributed by atoms with Crippen molar-refractivity contribution in [2.75, 3.05) is 50.7 Å². The molecule has 0 unspecified atom stereocenters. The van der Waals surface area contributed by atoms with Gasteiger partial charge in [-0.1, -0.05) is 41.4 Å². The highest BCUT2D eigenvalue weighted by Crippen LogP contribution is 2.20. The molecule has 154 valence electrons. The number of hydrogen-bond acceptors (Lipinski definition) is 4. The number of benzene rings is 2. The maximum Gasteiger partial charge on any atom is 0.253 e. The third kappa shape index (κ3) is 6.35. The standard InChI is InChI=1S/C21H24Cl2N4O2/c22-16-6-7-18(19(23)14-16)21(29)25-15-20(28)24-8-9-26-10-12-27(13-11-26)17-4-2-1-3-5-17/h1-7,14H,8-13,15H2,(H,24,28)(H,25,29). The smallest absolute Gasteiger partial charge is 0.253 e. The largest absolute Gasteiger partial charge is 0.369 e. The van der Waals surface area contributed by atoms with Crippen LogP contribution in [0.3, 0.4) is 0 Å². The zero-order valence-electron chi connectivity index (χ0n) is 16.0. The Morgan fingerprint density at radius 1 is 0.931 bits per heavy atom. The number of piperazine rings is 1. The van der Waals surface area contributed by atoms with Crippen LogP contribution in [0.4, 0.5) is 5.69 Å². The van der Waals surface area contributed by atoms with E-state index in [1.165, 1.54) is 17.8 Å². The monoisotopic (exact) mass is 434 g/mol. The van der Waals surface area contributed by atoms with E-state index in [1.807, 2.05) is 6.07 Å². The van der Waals surface area contributed by atoms with Crippen LogP contribution in [0.2, 0.25) is 10.0 Å². The number of amides is 2. The van der Waals surface area contributed by atoms with E-state index >= 15 is 0 Å². The molecule has 1 aliphatic rings. The topological polar surface area (TPSA) is 64.7 Å². The van der Waals surface area contributed by atoms with Crippen LogP contribution in [0, 0.1) is 0 Å². The van der Waals surface area contributed by atoms with Crippen LogP contribution < -0.4 is 15.5 Å². The highest BCUT2D eigenvalue weighted by atomic mass is 35.5. The first-order valence-corrected chi connectivity index (χ1v) is 10.3. The fraction of sp³-hybridized carbons (Fsp3) is 0.333. The molecule has 0 bridgehead atoms. The predicted molar refractivity (Wildman–Crippen MR) is 117 cm³/mol. The van der Waals surface area contributed by atoms with Crippen LogP contribution in [-0.2, 0) is 4.79 Å². The summed E-state index contributed by atoms with van der Waals surface area (Å²) in [5, 5.41) is 6.12. The summed E-state index contributed by atoms with van der Waals surface area (Å²) < 4.78 is 0. The number of rotatable bonds is 7. The van der Waals surface area contributed by atoms with E-state index < -0.39 is 5.91 Å². The number of nitrogens with zero attached hydrogens (tertiary/aromatic N) is 2. The van der Waals surface area contributed by atoms with Crippen molar-refractivity contribution in [1.82, 2.24) is 15.5 Å². The molecule has 1 saturated heterocycles. The van der Waals surface area contributed by atoms with Gasteiger partial charge in [0.05, 0.1) is 17.1 Å². The predicted octanol–water partition coefficient (Wildman–Crippen LogP) is 2.66. The van der Waals surface area contributed by atoms with E-state index in [0.717, 1.165) is 32.7 Å². The molecule has 1 fully saturated rings. The Morgan fingerprint density at radius 3 is 2.34 bits per heavy atom. The molecular weight excluding hydrogens is 411 g/mol. The second-order valence-electron chi connectivity index (χ2n) is 6.82. The number of carbonyl (C=O) groups excluding carboxylic acids is 2. The Balaban J connectivity index is 1.33. The maximum absolute atomic E-state index is 12.1. The first kappa shape index (κ1) is 21.4. The van der Waals surface area contributed by atoms with E-state index in [0.29, 0.717) is 17.1 Å². The lowest BCUT2D eigenvalue weighted by Gasteiger charge is -2.36. The molecule has 29 heavy (non-hydrogen) atoms. The van der Waals surface area contributed by atoms with Gasteiger partial charge in [0.15, 0.2) is 0 Å². The Kier molecular flexibility index (Phi) is 7.75. The van der Waals surface area contributed by atoms with Gasteiger partial charge in [0.1, 0.15) is 0 Å². The van der Waals surface area contributed by atoms with Crippen molar-refractivity contribution < 1.29 is 9.59 Å². The van der Waals surface area contributed by atoms with Crippen molar-refractivity contribution in [2.24, 2.45) is 0 Å². The van der Waals surface area contributed by atoms with Gasteiger partial charge < -0.3 is 15.5 Å². The van der Waals surface area contributed by atoms with Gasteiger partial charge in [-0.25, -0.2) is 0 Å². The molecule has 0 spiro atoms. The SMILES string of the molecule is O=C(CNC(=O)c1ccc(Cl)cc1Cl)NCCN1CCN(c2ccccc2)CC1. The minimum absolute atomic E-state index is 0.0976. The van der Waals surface area contributed by atoms with Crippen molar-refractivity contribution in [1.29, 1.82) is 0 Å². The number of halogens is 2. The van der Waals surface area contributed by atoms with Crippen LogP contribution in [0.25, 0.3) is 0 Å². The lowest BCUT2D eigenvalue weighted by molar-refractivity contribution is -0.120. The van der Waals surface area contributed by atoms with Crippen LogP contribution in [0.5, 0.6) is 0 Å². The molecule has 6 nitrogen and oxygen atoms in total. The van der Waals surface area contributed by atoms with Crippen LogP contribution in [-0.4, -0.2) is 62.5 Å². The quantitative estimate of drug-likeness (QED) is 0.702. The molecule has 2 N–H and O–H groups in total. The van der Waals surface area contributed by atoms with Crippen LogP contribution >= 0.6 is 23.2 Å². The first-order chi connectivity index (χ1) is 14.0. The van der Waals surface area contributed by atoms with Gasteiger partial charge >= 0.3 is 0 Å². The molecule has 1 heterocycles. The first-order valence-electron chi connectivity index (χ1n) is 9.55. The highest BCUT2D eigenvalue weighted by molar-refractivity contribution is 6.36. The fourth-order valence-electron chi connectivity index (χ4n) is 3.21. The van der Waals surface area contributed by atoms with E-state index in [2.05, 4.69) is 44.7 Å². The number of anilines is 1. The Morgan fingerprint density at radius 2 is 1.66 bits per heavy atom. The van der Waals surface area contributed by atoms with E-state index in [9.17, 15) is 9.59 Å². The van der Waals surface area contributed by atoms with Gasteiger partial charge in [-0.2, -0.15) is 0 Å². The highest BCUT2D eigenvalue weighted by Gasteiger charge is 2.17. The average Bonchev–Trinajstić information content (AvgIpc) is 2.73. The Labute approximate surface area is 180 Å². The number of nitrogens with one attached hydrogen (secondary N) is 2. The molecule has 0 radical (unpaired) electrons. The summed E-state index contributed by atoms with van der Waals surface area (Å²) in [6.07, 6.45) is 0. The summed E-state index contributed by atoms with van der Waals surface area (Å²) in [6.45, 7) is 5.07. The second-order valence-corrected chi connectivity index (χ2v) is 7.66. The third-order valence-electron chi connectivity index (χ3n) is 4.83. The molecule has 2 amide bonds. The number of hydrogen-bond donors (Lipinski definition) is 2. The Hall–Kier alpha value is -2.28. The van der Waals surface area contributed by atoms with Gasteiger partial charge in [-0.05, 0) is 30.3 Å². The summed E-state index contributed by atoms with van der Waals surface area (Å²) in [7, 11) is 0. The van der Waals surface area contributed by atoms with Crippen molar-refractivity contribution in [3.8, 4) is 0 Å². The van der Waals surface area contributed by atoms with Crippen molar-refractivity contribution in [2.45, 2.75) is 0 Å². The summed E-state index contributed by atoms with van der Waals surface area (Å²) in [5.74, 6) is -0.634. The molecule has 2 aromatic carbocycles. The van der Waals surface area contributed by atoms with Gasteiger partial charge in [0.2, 0.25) is 5.91 Å². The lowest BCUT2D eigenvalue weighted by atomic mass is 10.2. The minimum atomic E-state index is -0.404. The Bertz CT molecular complexity index is 840. The van der Waals surface area contributed by atoms with Gasteiger partial charge in [0, 0.05) is 50.0 Å². The minimum Gasteiger partial charge on any atom is -0.369 e. The van der Waals surface area contributed by atoms with Crippen molar-refractivity contribution in [3.05, 3.63) is 64.1 Å². The normalized spacial score (nSPS) is 14.5. The van der Waals surface area contributed by atoms with Gasteiger partial charge in [-0.15, -0.1) is 0 Å². The molecule has 3 rings (SSSR count). The molecule has 2 aromatic rings. The maximum atomic E-state index is 12.1. The average molecular weight is 435 g/mol. The summed E-state index contributed by atoms with van der Waals surface area (Å²) in [6, 6.07) is 15.0. The van der Waals surface area contributed by atoms with Crippen LogP contribution in [0.15, 0.2) is 48.5 Å². The zero-order valence-corrected chi connectivity index (χ0v) is 17.5. The molecule has 0 atom stereocenters. The molecular formula is C21H24Cl2N4O2. The van der Waals surface area contributed by atoms with E-state index in [4.69, 9.17) is 23.2 Å². The fourth-order valence-corrected chi connectivity index (χ4v) is 3.71. The molecule has 8 heteroatoms. The molecule has 0 saturated carbocycles. The lowest BCUT2D eigenvalue weighted by Crippen LogP contribution is -2.49. The van der Waals surface area contributed by atoms with Gasteiger partial charge in [0.25, 0.3) is 5.91 Å². The number of carbonyl (C=O) groups is 2. The van der Waals surface area contributed by atoms with E-state index in [1.54, 1.807) is 6.07 Å². The summed E-state index contributed by atoms with van der Waals surface area (Å²) in [4.78, 5) is 28.8. The molecule has 1 aliphatic heterocycles. The molecule has 0 aromatic heterocycles. The number of para-hydroxylation sites is 1. The van der Waals surface area contributed by atoms with Crippen LogP contribution in [0.1, 0.15) is 10.4 Å². The van der Waals surface area contributed by atoms with Crippen molar-refractivity contribution in [3.63, 3.8) is 0 Å². The zero-order chi connectivity index (χ0) is 20.6. The third-order valence-corrected chi connectivity index (χ3v) is 5.38. The van der Waals surface area contributed by atoms with Gasteiger partial charge in [-0.3, -0.25) is 14.5 Å². The summed E-state index contributed by atoms with van der Waals surface area (Å²) in [5.41, 5.74) is 1.54. The van der Waals surface area contributed by atoms with Crippen molar-refractivity contribution >= 4 is 40.7 Å². The molecule has 0 aliphatic carbocycles. The van der Waals surface area contributed by atoms with E-state index in [-0.39, 0.29) is 17.5 Å². The second kappa shape index (κ2) is 10.5. The summed E-state index contributed by atoms with van der Waals surface area (Å²) >= 11 is 11.8.